The Labute approximate surface area is 221 Å². The van der Waals surface area contributed by atoms with Crippen LogP contribution in [-0.2, 0) is 22.7 Å². The summed E-state index contributed by atoms with van der Waals surface area (Å²) >= 11 is 0. The predicted octanol–water partition coefficient (Wildman–Crippen LogP) is 2.22. The second-order valence-electron chi connectivity index (χ2n) is 10.5. The molecule has 3 heterocycles. The van der Waals surface area contributed by atoms with Crippen molar-refractivity contribution in [2.45, 2.75) is 38.4 Å². The molecule has 0 aliphatic carbocycles. The minimum atomic E-state index is -1.11. The highest BCUT2D eigenvalue weighted by molar-refractivity contribution is 6.07. The van der Waals surface area contributed by atoms with Gasteiger partial charge in [0, 0.05) is 74.6 Å². The van der Waals surface area contributed by atoms with E-state index in [0.29, 0.717) is 29.2 Å². The topological polar surface area (TPSA) is 94.2 Å². The number of rotatable bonds is 8. The maximum absolute atomic E-state index is 14.6. The monoisotopic (exact) mass is 523 g/mol. The molecule has 3 aliphatic rings. The molecule has 2 aromatic rings. The van der Waals surface area contributed by atoms with Crippen LogP contribution in [0.5, 0.6) is 5.75 Å². The van der Waals surface area contributed by atoms with Gasteiger partial charge in [-0.3, -0.25) is 24.6 Å². The maximum atomic E-state index is 14.6. The molecule has 10 heteroatoms. The van der Waals surface area contributed by atoms with Crippen LogP contribution in [0.1, 0.15) is 41.3 Å². The van der Waals surface area contributed by atoms with Crippen LogP contribution in [0.2, 0.25) is 0 Å². The fraction of sp³-hybridized carbons (Fsp3) is 0.464. The van der Waals surface area contributed by atoms with Gasteiger partial charge in [0.2, 0.25) is 5.91 Å². The molecule has 3 amide bonds. The molecule has 0 unspecified atom stereocenters. The Balaban J connectivity index is 1.23. The fourth-order valence-electron chi connectivity index (χ4n) is 5.28. The van der Waals surface area contributed by atoms with Crippen molar-refractivity contribution in [1.82, 2.24) is 20.0 Å². The van der Waals surface area contributed by atoms with Crippen LogP contribution in [0.4, 0.5) is 10.1 Å². The number of hydrogen-bond donors (Lipinski definition) is 2. The molecule has 5 rings (SSSR count). The van der Waals surface area contributed by atoms with Gasteiger partial charge >= 0.3 is 0 Å². The second-order valence-corrected chi connectivity index (χ2v) is 10.5. The molecule has 202 valence electrons. The molecule has 2 fully saturated rings. The highest BCUT2D eigenvalue weighted by Gasteiger charge is 2.48. The summed E-state index contributed by atoms with van der Waals surface area (Å²) in [7, 11) is 2.12. The third-order valence-electron chi connectivity index (χ3n) is 7.90. The molecular weight excluding hydrogens is 489 g/mol. The van der Waals surface area contributed by atoms with E-state index in [-0.39, 0.29) is 43.6 Å². The van der Waals surface area contributed by atoms with E-state index in [4.69, 9.17) is 4.74 Å². The van der Waals surface area contributed by atoms with E-state index in [0.717, 1.165) is 38.3 Å². The number of benzene rings is 2. The number of likely N-dealkylation sites (N-methyl/N-ethyl adjacent to an activating group) is 1. The minimum Gasteiger partial charge on any atom is -0.492 e. The first-order chi connectivity index (χ1) is 18.2. The van der Waals surface area contributed by atoms with Gasteiger partial charge in [0.05, 0.1) is 0 Å². The summed E-state index contributed by atoms with van der Waals surface area (Å²) in [5.74, 6) is -0.770. The Hall–Kier alpha value is -3.50. The van der Waals surface area contributed by atoms with Gasteiger partial charge in [0.15, 0.2) is 0 Å². The van der Waals surface area contributed by atoms with Crippen LogP contribution >= 0.6 is 0 Å². The molecule has 9 nitrogen and oxygen atoms in total. The molecule has 38 heavy (non-hydrogen) atoms. The van der Waals surface area contributed by atoms with Crippen molar-refractivity contribution in [1.29, 1.82) is 0 Å². The van der Waals surface area contributed by atoms with E-state index in [9.17, 15) is 18.8 Å². The number of fused-ring (bicyclic) bond motifs is 1. The highest BCUT2D eigenvalue weighted by atomic mass is 19.1. The van der Waals surface area contributed by atoms with Crippen LogP contribution in [0.3, 0.4) is 0 Å². The molecule has 0 aromatic heterocycles. The lowest BCUT2D eigenvalue weighted by molar-refractivity contribution is -0.142. The molecule has 2 aromatic carbocycles. The van der Waals surface area contributed by atoms with Crippen LogP contribution < -0.4 is 15.4 Å². The van der Waals surface area contributed by atoms with Crippen molar-refractivity contribution in [2.75, 3.05) is 51.7 Å². The number of nitrogens with one attached hydrogen (secondary N) is 2. The average Bonchev–Trinajstić information content (AvgIpc) is 3.25. The Morgan fingerprint density at radius 2 is 1.89 bits per heavy atom. The highest BCUT2D eigenvalue weighted by Crippen LogP contribution is 2.37. The summed E-state index contributed by atoms with van der Waals surface area (Å²) in [5, 5.41) is 5.63. The van der Waals surface area contributed by atoms with Gasteiger partial charge in [0.25, 0.3) is 11.8 Å². The molecule has 0 saturated carbocycles. The first kappa shape index (κ1) is 26.1. The van der Waals surface area contributed by atoms with E-state index in [2.05, 4.69) is 27.5 Å². The van der Waals surface area contributed by atoms with Gasteiger partial charge in [-0.1, -0.05) is 6.07 Å². The van der Waals surface area contributed by atoms with Crippen LogP contribution in [0.25, 0.3) is 0 Å². The number of carbonyl (C=O) groups excluding carboxylic acids is 3. The van der Waals surface area contributed by atoms with Crippen LogP contribution in [0.15, 0.2) is 36.4 Å². The number of amides is 3. The SMILES string of the molecule is CN1CCN(CCOc2ccc(F)c(CNc3cccc4c3CN([C@]3(C)CCC(=O)NC3=O)C4=O)c2)CC1. The summed E-state index contributed by atoms with van der Waals surface area (Å²) in [6.45, 7) is 7.61. The second kappa shape index (κ2) is 10.7. The van der Waals surface area contributed by atoms with Gasteiger partial charge < -0.3 is 19.9 Å². The normalized spacial score (nSPS) is 22.4. The van der Waals surface area contributed by atoms with Crippen LogP contribution in [0, 0.1) is 5.82 Å². The number of imide groups is 1. The minimum absolute atomic E-state index is 0.181. The van der Waals surface area contributed by atoms with Crippen molar-refractivity contribution in [3.63, 3.8) is 0 Å². The number of hydrogen-bond acceptors (Lipinski definition) is 7. The van der Waals surface area contributed by atoms with Crippen molar-refractivity contribution in [3.8, 4) is 5.75 Å². The van der Waals surface area contributed by atoms with E-state index in [1.807, 2.05) is 6.07 Å². The number of piperazine rings is 1. The smallest absolute Gasteiger partial charge is 0.255 e. The lowest BCUT2D eigenvalue weighted by Gasteiger charge is -2.39. The fourth-order valence-corrected chi connectivity index (χ4v) is 5.28. The van der Waals surface area contributed by atoms with Crippen LogP contribution in [-0.4, -0.2) is 84.3 Å². The van der Waals surface area contributed by atoms with Gasteiger partial charge in [0.1, 0.15) is 23.7 Å². The zero-order valence-electron chi connectivity index (χ0n) is 21.9. The molecule has 0 spiro atoms. The quantitative estimate of drug-likeness (QED) is 0.513. The number of piperidine rings is 1. The Morgan fingerprint density at radius 3 is 2.66 bits per heavy atom. The van der Waals surface area contributed by atoms with E-state index >= 15 is 0 Å². The predicted molar refractivity (Wildman–Crippen MR) is 140 cm³/mol. The van der Waals surface area contributed by atoms with Gasteiger partial charge in [-0.15, -0.1) is 0 Å². The Morgan fingerprint density at radius 1 is 1.11 bits per heavy atom. The van der Waals surface area contributed by atoms with Crippen molar-refractivity contribution >= 4 is 23.4 Å². The van der Waals surface area contributed by atoms with Crippen molar-refractivity contribution in [2.24, 2.45) is 0 Å². The van der Waals surface area contributed by atoms with Gasteiger partial charge in [-0.05, 0) is 50.7 Å². The first-order valence-electron chi connectivity index (χ1n) is 13.1. The third-order valence-corrected chi connectivity index (χ3v) is 7.90. The zero-order valence-corrected chi connectivity index (χ0v) is 21.9. The average molecular weight is 524 g/mol. The maximum Gasteiger partial charge on any atom is 0.255 e. The molecule has 0 radical (unpaired) electrons. The number of halogens is 1. The summed E-state index contributed by atoms with van der Waals surface area (Å²) in [4.78, 5) is 43.7. The molecular formula is C28H34FN5O4. The van der Waals surface area contributed by atoms with Gasteiger partial charge in [-0.2, -0.15) is 0 Å². The number of carbonyl (C=O) groups is 3. The van der Waals surface area contributed by atoms with Gasteiger partial charge in [-0.25, -0.2) is 4.39 Å². The number of ether oxygens (including phenoxy) is 1. The Bertz CT molecular complexity index is 1250. The lowest BCUT2D eigenvalue weighted by Crippen LogP contribution is -2.61. The lowest BCUT2D eigenvalue weighted by atomic mass is 9.89. The van der Waals surface area contributed by atoms with Crippen molar-refractivity contribution in [3.05, 3.63) is 58.9 Å². The molecule has 1 atom stereocenters. The zero-order chi connectivity index (χ0) is 26.9. The number of anilines is 1. The summed E-state index contributed by atoms with van der Waals surface area (Å²) < 4.78 is 20.6. The Kier molecular flexibility index (Phi) is 7.36. The molecule has 2 saturated heterocycles. The molecule has 3 aliphatic heterocycles. The van der Waals surface area contributed by atoms with E-state index in [1.54, 1.807) is 31.2 Å². The number of nitrogens with zero attached hydrogens (tertiary/aromatic N) is 3. The van der Waals surface area contributed by atoms with Crippen molar-refractivity contribution < 1.29 is 23.5 Å². The standard InChI is InChI=1S/C28H34FN5O4/c1-28(9-8-25(35)31-27(28)37)34-18-22-21(26(34)36)4-3-5-24(22)30-17-19-16-20(6-7-23(19)29)38-15-14-33-12-10-32(2)11-13-33/h3-7,16,30H,8-15,17-18H2,1-2H3,(H,31,35,37)/t28-/m1/s1. The third kappa shape index (κ3) is 5.23. The molecule has 2 N–H and O–H groups in total. The van der Waals surface area contributed by atoms with E-state index in [1.165, 1.54) is 11.0 Å². The first-order valence-corrected chi connectivity index (χ1v) is 13.1. The summed E-state index contributed by atoms with van der Waals surface area (Å²) in [6, 6.07) is 10.1. The summed E-state index contributed by atoms with van der Waals surface area (Å²) in [5.41, 5.74) is 1.31. The largest absolute Gasteiger partial charge is 0.492 e. The van der Waals surface area contributed by atoms with E-state index < -0.39 is 11.4 Å². The molecule has 0 bridgehead atoms. The summed E-state index contributed by atoms with van der Waals surface area (Å²) in [6.07, 6.45) is 0.452.